The quantitative estimate of drug-likeness (QED) is 0.498. The highest BCUT2D eigenvalue weighted by Crippen LogP contribution is 2.15. The normalized spacial score (nSPS) is 10.9. The van der Waals surface area contributed by atoms with Crippen molar-refractivity contribution in [3.05, 3.63) is 65.2 Å². The number of hydrazone groups is 1. The van der Waals surface area contributed by atoms with E-state index < -0.39 is 11.8 Å². The molecule has 0 saturated carbocycles. The Morgan fingerprint density at radius 1 is 1.04 bits per heavy atom. The van der Waals surface area contributed by atoms with Crippen LogP contribution in [0.4, 0.5) is 5.69 Å². The summed E-state index contributed by atoms with van der Waals surface area (Å²) < 4.78 is 0. The maximum atomic E-state index is 11.9. The molecular formula is C20H23N3O2. The van der Waals surface area contributed by atoms with Gasteiger partial charge in [0.2, 0.25) is 0 Å². The molecule has 25 heavy (non-hydrogen) atoms. The van der Waals surface area contributed by atoms with E-state index in [2.05, 4.69) is 29.7 Å². The van der Waals surface area contributed by atoms with Crippen molar-refractivity contribution in [1.82, 2.24) is 5.43 Å². The lowest BCUT2D eigenvalue weighted by Crippen LogP contribution is -2.32. The molecule has 2 N–H and O–H groups in total. The van der Waals surface area contributed by atoms with Crippen LogP contribution in [-0.4, -0.2) is 18.0 Å². The number of carbonyl (C=O) groups is 2. The van der Waals surface area contributed by atoms with Crippen molar-refractivity contribution in [3.63, 3.8) is 0 Å². The largest absolute Gasteiger partial charge is 0.329 e. The molecule has 0 heterocycles. The summed E-state index contributed by atoms with van der Waals surface area (Å²) >= 11 is 0. The van der Waals surface area contributed by atoms with Crippen molar-refractivity contribution in [3.8, 4) is 0 Å². The van der Waals surface area contributed by atoms with E-state index >= 15 is 0 Å². The summed E-state index contributed by atoms with van der Waals surface area (Å²) in [6, 6.07) is 15.3. The SMILES string of the molecule is CCc1ccccc1NC(=O)C(=O)N/N=C\c1ccc(C(C)C)cc1. The summed E-state index contributed by atoms with van der Waals surface area (Å²) in [6.45, 7) is 6.23. The molecule has 0 aliphatic heterocycles. The third kappa shape index (κ3) is 5.28. The van der Waals surface area contributed by atoms with E-state index in [0.717, 1.165) is 17.5 Å². The molecular weight excluding hydrogens is 314 g/mol. The first-order valence-corrected chi connectivity index (χ1v) is 8.33. The molecule has 0 saturated heterocycles. The number of nitrogens with one attached hydrogen (secondary N) is 2. The molecule has 2 rings (SSSR count). The molecule has 0 unspecified atom stereocenters. The Labute approximate surface area is 148 Å². The van der Waals surface area contributed by atoms with Crippen LogP contribution >= 0.6 is 0 Å². The van der Waals surface area contributed by atoms with Crippen LogP contribution in [0.25, 0.3) is 0 Å². The van der Waals surface area contributed by atoms with Gasteiger partial charge in [0, 0.05) is 5.69 Å². The zero-order valence-electron chi connectivity index (χ0n) is 14.7. The first kappa shape index (κ1) is 18.4. The Balaban J connectivity index is 1.91. The van der Waals surface area contributed by atoms with Gasteiger partial charge in [0.25, 0.3) is 0 Å². The number of benzene rings is 2. The maximum Gasteiger partial charge on any atom is 0.329 e. The van der Waals surface area contributed by atoms with E-state index in [1.165, 1.54) is 11.8 Å². The van der Waals surface area contributed by atoms with Gasteiger partial charge in [-0.3, -0.25) is 9.59 Å². The Morgan fingerprint density at radius 3 is 2.36 bits per heavy atom. The summed E-state index contributed by atoms with van der Waals surface area (Å²) in [5.41, 5.74) is 5.93. The Kier molecular flexibility index (Phi) is 6.46. The molecule has 0 spiro atoms. The van der Waals surface area contributed by atoms with Gasteiger partial charge in [0.1, 0.15) is 0 Å². The Hall–Kier alpha value is -2.95. The van der Waals surface area contributed by atoms with Gasteiger partial charge in [-0.2, -0.15) is 5.10 Å². The van der Waals surface area contributed by atoms with Crippen molar-refractivity contribution in [2.24, 2.45) is 5.10 Å². The highest BCUT2D eigenvalue weighted by Gasteiger charge is 2.14. The van der Waals surface area contributed by atoms with E-state index in [4.69, 9.17) is 0 Å². The fourth-order valence-corrected chi connectivity index (χ4v) is 2.31. The second-order valence-electron chi connectivity index (χ2n) is 5.99. The predicted molar refractivity (Wildman–Crippen MR) is 101 cm³/mol. The second-order valence-corrected chi connectivity index (χ2v) is 5.99. The predicted octanol–water partition coefficient (Wildman–Crippen LogP) is 3.46. The minimum absolute atomic E-state index is 0.459. The molecule has 0 fully saturated rings. The van der Waals surface area contributed by atoms with E-state index in [1.807, 2.05) is 49.4 Å². The Morgan fingerprint density at radius 2 is 1.72 bits per heavy atom. The topological polar surface area (TPSA) is 70.6 Å². The van der Waals surface area contributed by atoms with E-state index in [9.17, 15) is 9.59 Å². The average molecular weight is 337 g/mol. The standard InChI is InChI=1S/C20H23N3O2/c1-4-16-7-5-6-8-18(16)22-19(24)20(25)23-21-13-15-9-11-17(12-10-15)14(2)3/h5-14H,4H2,1-3H3,(H,22,24)(H,23,25)/b21-13-. The molecule has 0 atom stereocenters. The van der Waals surface area contributed by atoms with Gasteiger partial charge in [0.15, 0.2) is 0 Å². The van der Waals surface area contributed by atoms with Gasteiger partial charge < -0.3 is 5.32 Å². The van der Waals surface area contributed by atoms with Crippen LogP contribution < -0.4 is 10.7 Å². The minimum atomic E-state index is -0.805. The van der Waals surface area contributed by atoms with Gasteiger partial charge in [-0.15, -0.1) is 0 Å². The molecule has 0 bridgehead atoms. The van der Waals surface area contributed by atoms with Crippen LogP contribution in [0.5, 0.6) is 0 Å². The highest BCUT2D eigenvalue weighted by atomic mass is 16.2. The van der Waals surface area contributed by atoms with Crippen molar-refractivity contribution in [1.29, 1.82) is 0 Å². The van der Waals surface area contributed by atoms with Gasteiger partial charge in [-0.25, -0.2) is 5.43 Å². The molecule has 0 radical (unpaired) electrons. The van der Waals surface area contributed by atoms with Gasteiger partial charge in [0.05, 0.1) is 6.21 Å². The maximum absolute atomic E-state index is 11.9. The molecule has 5 heteroatoms. The number of hydrogen-bond donors (Lipinski definition) is 2. The molecule has 0 aliphatic rings. The lowest BCUT2D eigenvalue weighted by Gasteiger charge is -2.08. The summed E-state index contributed by atoms with van der Waals surface area (Å²) in [5.74, 6) is -1.09. The first-order valence-electron chi connectivity index (χ1n) is 8.33. The summed E-state index contributed by atoms with van der Waals surface area (Å²) in [4.78, 5) is 23.8. The summed E-state index contributed by atoms with van der Waals surface area (Å²) in [6.07, 6.45) is 2.28. The molecule has 2 aromatic rings. The van der Waals surface area contributed by atoms with Crippen molar-refractivity contribution in [2.45, 2.75) is 33.1 Å². The van der Waals surface area contributed by atoms with E-state index in [-0.39, 0.29) is 0 Å². The highest BCUT2D eigenvalue weighted by molar-refractivity contribution is 6.39. The number of hydrogen-bond acceptors (Lipinski definition) is 3. The van der Waals surface area contributed by atoms with Crippen molar-refractivity contribution in [2.75, 3.05) is 5.32 Å². The van der Waals surface area contributed by atoms with Crippen molar-refractivity contribution < 1.29 is 9.59 Å². The first-order chi connectivity index (χ1) is 12.0. The lowest BCUT2D eigenvalue weighted by atomic mass is 10.0. The van der Waals surface area contributed by atoms with Gasteiger partial charge >= 0.3 is 11.8 Å². The fraction of sp³-hybridized carbons (Fsp3) is 0.250. The molecule has 130 valence electrons. The van der Waals surface area contributed by atoms with Crippen LogP contribution in [0.1, 0.15) is 43.4 Å². The van der Waals surface area contributed by atoms with Crippen LogP contribution in [0.3, 0.4) is 0 Å². The molecule has 2 aromatic carbocycles. The fourth-order valence-electron chi connectivity index (χ4n) is 2.31. The number of para-hydroxylation sites is 1. The molecule has 0 aromatic heterocycles. The number of carbonyl (C=O) groups excluding carboxylic acids is 2. The third-order valence-electron chi connectivity index (χ3n) is 3.84. The molecule has 0 aliphatic carbocycles. The van der Waals surface area contributed by atoms with E-state index in [0.29, 0.717) is 11.6 Å². The van der Waals surface area contributed by atoms with Crippen LogP contribution in [0.15, 0.2) is 53.6 Å². The lowest BCUT2D eigenvalue weighted by molar-refractivity contribution is -0.136. The van der Waals surface area contributed by atoms with Crippen molar-refractivity contribution >= 4 is 23.7 Å². The van der Waals surface area contributed by atoms with Crippen LogP contribution in [-0.2, 0) is 16.0 Å². The minimum Gasteiger partial charge on any atom is -0.317 e. The zero-order chi connectivity index (χ0) is 18.2. The number of amides is 2. The summed E-state index contributed by atoms with van der Waals surface area (Å²) in [5, 5.41) is 6.44. The summed E-state index contributed by atoms with van der Waals surface area (Å²) in [7, 11) is 0. The smallest absolute Gasteiger partial charge is 0.317 e. The van der Waals surface area contributed by atoms with Gasteiger partial charge in [-0.1, -0.05) is 63.2 Å². The van der Waals surface area contributed by atoms with E-state index in [1.54, 1.807) is 6.07 Å². The number of rotatable bonds is 5. The zero-order valence-corrected chi connectivity index (χ0v) is 14.7. The van der Waals surface area contributed by atoms with Crippen LogP contribution in [0.2, 0.25) is 0 Å². The monoisotopic (exact) mass is 337 g/mol. The third-order valence-corrected chi connectivity index (χ3v) is 3.84. The molecule has 2 amide bonds. The average Bonchev–Trinajstić information content (AvgIpc) is 2.62. The Bertz CT molecular complexity index is 765. The van der Waals surface area contributed by atoms with Crippen LogP contribution in [0, 0.1) is 0 Å². The second kappa shape index (κ2) is 8.78. The van der Waals surface area contributed by atoms with Gasteiger partial charge in [-0.05, 0) is 35.1 Å². The molecule has 5 nitrogen and oxygen atoms in total. The number of nitrogens with zero attached hydrogens (tertiary/aromatic N) is 1. The number of anilines is 1. The number of aryl methyl sites for hydroxylation is 1.